The second-order valence-electron chi connectivity index (χ2n) is 5.31. The summed E-state index contributed by atoms with van der Waals surface area (Å²) in [5, 5.41) is 5.66. The Kier molecular flexibility index (Phi) is 8.75. The van der Waals surface area contributed by atoms with Crippen LogP contribution in [0.15, 0.2) is 24.3 Å². The number of nitrogens with one attached hydrogen (secondary N) is 2. The van der Waals surface area contributed by atoms with Crippen LogP contribution in [0.3, 0.4) is 0 Å². The van der Waals surface area contributed by atoms with E-state index in [1.807, 2.05) is 30.9 Å². The summed E-state index contributed by atoms with van der Waals surface area (Å²) in [5.74, 6) is 0.403. The Bertz CT molecular complexity index is 506. The van der Waals surface area contributed by atoms with Gasteiger partial charge in [-0.3, -0.25) is 14.5 Å². The van der Waals surface area contributed by atoms with Crippen molar-refractivity contribution >= 4 is 17.5 Å². The molecule has 0 spiro atoms. The molecule has 0 atom stereocenters. The number of benzene rings is 1. The van der Waals surface area contributed by atoms with Crippen LogP contribution >= 0.6 is 0 Å². The maximum Gasteiger partial charge on any atom is 0.238 e. The molecule has 1 rings (SSSR count). The minimum Gasteiger partial charge on any atom is -0.495 e. The van der Waals surface area contributed by atoms with E-state index in [2.05, 4.69) is 10.6 Å². The number of methoxy groups -OCH3 is 1. The molecule has 0 aromatic heterocycles. The molecule has 0 aliphatic rings. The van der Waals surface area contributed by atoms with E-state index in [0.717, 1.165) is 12.8 Å². The zero-order valence-electron chi connectivity index (χ0n) is 14.2. The van der Waals surface area contributed by atoms with Gasteiger partial charge in [0.05, 0.1) is 25.9 Å². The van der Waals surface area contributed by atoms with Crippen molar-refractivity contribution < 1.29 is 14.3 Å². The summed E-state index contributed by atoms with van der Waals surface area (Å²) < 4.78 is 5.22. The molecule has 0 radical (unpaired) electrons. The van der Waals surface area contributed by atoms with E-state index in [9.17, 15) is 9.59 Å². The van der Waals surface area contributed by atoms with Crippen LogP contribution in [-0.4, -0.2) is 50.0 Å². The highest BCUT2D eigenvalue weighted by Gasteiger charge is 2.14. The van der Waals surface area contributed by atoms with Crippen molar-refractivity contribution in [3.8, 4) is 5.75 Å². The monoisotopic (exact) mass is 321 g/mol. The third kappa shape index (κ3) is 7.15. The number of rotatable bonds is 10. The number of ether oxygens (including phenoxy) is 1. The Hall–Kier alpha value is -2.08. The predicted octanol–water partition coefficient (Wildman–Crippen LogP) is 1.87. The molecule has 2 N–H and O–H groups in total. The highest BCUT2D eigenvalue weighted by atomic mass is 16.5. The molecule has 0 unspecified atom stereocenters. The van der Waals surface area contributed by atoms with Gasteiger partial charge in [-0.1, -0.05) is 26.0 Å². The van der Waals surface area contributed by atoms with Crippen molar-refractivity contribution in [2.24, 2.45) is 0 Å². The van der Waals surface area contributed by atoms with Gasteiger partial charge in [0.25, 0.3) is 0 Å². The summed E-state index contributed by atoms with van der Waals surface area (Å²) in [6.45, 7) is 5.78. The summed E-state index contributed by atoms with van der Waals surface area (Å²) in [5.41, 5.74) is 0.631. The molecule has 23 heavy (non-hydrogen) atoms. The average Bonchev–Trinajstić information content (AvgIpc) is 2.53. The number of hydrogen-bond donors (Lipinski definition) is 2. The van der Waals surface area contributed by atoms with E-state index >= 15 is 0 Å². The molecule has 0 saturated carbocycles. The molecular weight excluding hydrogens is 294 g/mol. The largest absolute Gasteiger partial charge is 0.495 e. The zero-order chi connectivity index (χ0) is 17.1. The fourth-order valence-electron chi connectivity index (χ4n) is 2.19. The van der Waals surface area contributed by atoms with Gasteiger partial charge < -0.3 is 15.4 Å². The van der Waals surface area contributed by atoms with E-state index in [0.29, 0.717) is 24.5 Å². The van der Waals surface area contributed by atoms with Gasteiger partial charge in [-0.05, 0) is 31.5 Å². The third-order valence-electron chi connectivity index (χ3n) is 3.23. The molecule has 6 heteroatoms. The lowest BCUT2D eigenvalue weighted by Gasteiger charge is -2.21. The van der Waals surface area contributed by atoms with Crippen LogP contribution in [0.5, 0.6) is 5.75 Å². The Morgan fingerprint density at radius 2 is 1.78 bits per heavy atom. The maximum atomic E-state index is 12.2. The molecule has 1 aromatic rings. The van der Waals surface area contributed by atoms with Crippen LogP contribution in [0.4, 0.5) is 5.69 Å². The van der Waals surface area contributed by atoms with Crippen molar-refractivity contribution in [1.29, 1.82) is 0 Å². The van der Waals surface area contributed by atoms with Gasteiger partial charge >= 0.3 is 0 Å². The number of nitrogens with zero attached hydrogens (tertiary/aromatic N) is 1. The lowest BCUT2D eigenvalue weighted by molar-refractivity contribution is -0.123. The summed E-state index contributed by atoms with van der Waals surface area (Å²) in [6.07, 6.45) is 1.77. The van der Waals surface area contributed by atoms with E-state index in [1.165, 1.54) is 0 Å². The number of carbonyl (C=O) groups excluding carboxylic acids is 2. The van der Waals surface area contributed by atoms with Crippen molar-refractivity contribution in [3.63, 3.8) is 0 Å². The van der Waals surface area contributed by atoms with Crippen LogP contribution in [0.25, 0.3) is 0 Å². The molecule has 1 aromatic carbocycles. The van der Waals surface area contributed by atoms with Gasteiger partial charge in [0.1, 0.15) is 5.75 Å². The first-order valence-corrected chi connectivity index (χ1v) is 8.02. The standard InChI is InChI=1S/C17H27N3O3/c1-4-10-18-16(21)12-20(11-5-2)13-17(22)19-14-8-6-7-9-15(14)23-3/h6-9H,4-5,10-13H2,1-3H3,(H,18,21)(H,19,22). The SMILES string of the molecule is CCCNC(=O)CN(CCC)CC(=O)Nc1ccccc1OC. The highest BCUT2D eigenvalue weighted by Crippen LogP contribution is 2.22. The lowest BCUT2D eigenvalue weighted by atomic mass is 10.3. The van der Waals surface area contributed by atoms with E-state index in [1.54, 1.807) is 19.2 Å². The van der Waals surface area contributed by atoms with E-state index in [-0.39, 0.29) is 24.9 Å². The number of carbonyl (C=O) groups is 2. The fraction of sp³-hybridized carbons (Fsp3) is 0.529. The van der Waals surface area contributed by atoms with Gasteiger partial charge in [-0.25, -0.2) is 0 Å². The van der Waals surface area contributed by atoms with Crippen LogP contribution in [-0.2, 0) is 9.59 Å². The fourth-order valence-corrected chi connectivity index (χ4v) is 2.19. The molecule has 0 aliphatic heterocycles. The van der Waals surface area contributed by atoms with Crippen molar-refractivity contribution in [1.82, 2.24) is 10.2 Å². The first kappa shape index (κ1) is 19.0. The summed E-state index contributed by atoms with van der Waals surface area (Å²) >= 11 is 0. The van der Waals surface area contributed by atoms with Crippen LogP contribution in [0.2, 0.25) is 0 Å². The Morgan fingerprint density at radius 3 is 2.43 bits per heavy atom. The zero-order valence-corrected chi connectivity index (χ0v) is 14.2. The maximum absolute atomic E-state index is 12.2. The van der Waals surface area contributed by atoms with Crippen LogP contribution < -0.4 is 15.4 Å². The Balaban J connectivity index is 2.58. The van der Waals surface area contributed by atoms with Gasteiger partial charge in [-0.2, -0.15) is 0 Å². The second-order valence-corrected chi connectivity index (χ2v) is 5.31. The minimum absolute atomic E-state index is 0.0506. The van der Waals surface area contributed by atoms with Crippen LogP contribution in [0, 0.1) is 0 Å². The smallest absolute Gasteiger partial charge is 0.238 e. The van der Waals surface area contributed by atoms with Crippen molar-refractivity contribution in [2.45, 2.75) is 26.7 Å². The first-order chi connectivity index (χ1) is 11.1. The number of hydrogen-bond acceptors (Lipinski definition) is 4. The second kappa shape index (κ2) is 10.6. The predicted molar refractivity (Wildman–Crippen MR) is 91.7 cm³/mol. The van der Waals surface area contributed by atoms with Gasteiger partial charge in [0.15, 0.2) is 0 Å². The molecular formula is C17H27N3O3. The Labute approximate surface area is 138 Å². The molecule has 128 valence electrons. The molecule has 0 saturated heterocycles. The lowest BCUT2D eigenvalue weighted by Crippen LogP contribution is -2.41. The summed E-state index contributed by atoms with van der Waals surface area (Å²) in [6, 6.07) is 7.25. The third-order valence-corrected chi connectivity index (χ3v) is 3.23. The summed E-state index contributed by atoms with van der Waals surface area (Å²) in [4.78, 5) is 25.9. The highest BCUT2D eigenvalue weighted by molar-refractivity contribution is 5.94. The van der Waals surface area contributed by atoms with Crippen LogP contribution in [0.1, 0.15) is 26.7 Å². The quantitative estimate of drug-likeness (QED) is 0.690. The molecule has 0 heterocycles. The van der Waals surface area contributed by atoms with E-state index < -0.39 is 0 Å². The average molecular weight is 321 g/mol. The minimum atomic E-state index is -0.161. The molecule has 0 fully saturated rings. The number of amides is 2. The van der Waals surface area contributed by atoms with Crippen molar-refractivity contribution in [2.75, 3.05) is 38.6 Å². The Morgan fingerprint density at radius 1 is 1.09 bits per heavy atom. The number of anilines is 1. The number of para-hydroxylation sites is 2. The van der Waals surface area contributed by atoms with Gasteiger partial charge in [-0.15, -0.1) is 0 Å². The first-order valence-electron chi connectivity index (χ1n) is 8.02. The molecule has 0 bridgehead atoms. The topological polar surface area (TPSA) is 70.7 Å². The van der Waals surface area contributed by atoms with E-state index in [4.69, 9.17) is 4.74 Å². The summed E-state index contributed by atoms with van der Waals surface area (Å²) in [7, 11) is 1.56. The molecule has 2 amide bonds. The molecule has 6 nitrogen and oxygen atoms in total. The van der Waals surface area contributed by atoms with Gasteiger partial charge in [0, 0.05) is 6.54 Å². The van der Waals surface area contributed by atoms with Gasteiger partial charge in [0.2, 0.25) is 11.8 Å². The normalized spacial score (nSPS) is 10.4. The molecule has 0 aliphatic carbocycles. The van der Waals surface area contributed by atoms with Crippen molar-refractivity contribution in [3.05, 3.63) is 24.3 Å².